The van der Waals surface area contributed by atoms with Crippen LogP contribution in [0.25, 0.3) is 0 Å². The summed E-state index contributed by atoms with van der Waals surface area (Å²) < 4.78 is 13.6. The summed E-state index contributed by atoms with van der Waals surface area (Å²) in [6.45, 7) is 4.04. The molecule has 1 aromatic heterocycles. The molecule has 0 bridgehead atoms. The molecule has 1 atom stereocenters. The summed E-state index contributed by atoms with van der Waals surface area (Å²) in [6.07, 6.45) is 0. The van der Waals surface area contributed by atoms with Crippen molar-refractivity contribution in [1.29, 1.82) is 0 Å². The Morgan fingerprint density at radius 2 is 1.89 bits per heavy atom. The number of nitrogens with zero attached hydrogens (tertiary/aromatic N) is 2. The van der Waals surface area contributed by atoms with E-state index in [2.05, 4.69) is 32.9 Å². The first-order valence-corrected chi connectivity index (χ1v) is 9.77. The molecular formula is C19H23FN4O2S. The standard InChI is InChI=1S/C19H23FN4O2S/c1-23-7-9-24(10-8-23)17(14-6-11-27-13-14)12-21-18(25)19(26)22-16-5-3-2-4-15(16)20/h2-6,11,13,17H,7-10,12H2,1H3,(H,21,25)(H,22,26)/t17-/m1/s1. The van der Waals surface area contributed by atoms with Crippen LogP contribution < -0.4 is 10.6 Å². The third kappa shape index (κ3) is 5.12. The summed E-state index contributed by atoms with van der Waals surface area (Å²) in [5, 5.41) is 9.07. The molecule has 6 nitrogen and oxygen atoms in total. The molecule has 1 aliphatic rings. The molecule has 27 heavy (non-hydrogen) atoms. The van der Waals surface area contributed by atoms with Crippen molar-refractivity contribution in [1.82, 2.24) is 15.1 Å². The summed E-state index contributed by atoms with van der Waals surface area (Å²) in [7, 11) is 2.09. The summed E-state index contributed by atoms with van der Waals surface area (Å²) in [6, 6.07) is 7.81. The van der Waals surface area contributed by atoms with Crippen LogP contribution >= 0.6 is 11.3 Å². The van der Waals surface area contributed by atoms with Crippen LogP contribution in [0, 0.1) is 5.82 Å². The molecule has 0 spiro atoms. The topological polar surface area (TPSA) is 64.7 Å². The Bertz CT molecular complexity index is 776. The molecule has 3 rings (SSSR count). The maximum absolute atomic E-state index is 13.6. The van der Waals surface area contributed by atoms with Gasteiger partial charge in [-0.3, -0.25) is 14.5 Å². The number of halogens is 1. The van der Waals surface area contributed by atoms with Gasteiger partial charge in [-0.15, -0.1) is 0 Å². The Morgan fingerprint density at radius 3 is 2.56 bits per heavy atom. The van der Waals surface area contributed by atoms with Crippen molar-refractivity contribution in [2.24, 2.45) is 0 Å². The molecule has 0 aliphatic carbocycles. The van der Waals surface area contributed by atoms with Crippen LogP contribution in [0.1, 0.15) is 11.6 Å². The third-order valence-corrected chi connectivity index (χ3v) is 5.39. The van der Waals surface area contributed by atoms with Gasteiger partial charge in [0, 0.05) is 32.7 Å². The summed E-state index contributed by atoms with van der Waals surface area (Å²) in [5.74, 6) is -2.22. The number of rotatable bonds is 5. The number of thiophene rings is 1. The Kier molecular flexibility index (Phi) is 6.54. The Hall–Kier alpha value is -2.29. The van der Waals surface area contributed by atoms with Gasteiger partial charge < -0.3 is 15.5 Å². The van der Waals surface area contributed by atoms with Gasteiger partial charge in [-0.25, -0.2) is 4.39 Å². The van der Waals surface area contributed by atoms with E-state index in [1.54, 1.807) is 17.4 Å². The normalized spacial score (nSPS) is 16.7. The minimum Gasteiger partial charge on any atom is -0.346 e. The van der Waals surface area contributed by atoms with Crippen molar-refractivity contribution in [3.05, 3.63) is 52.5 Å². The number of hydrogen-bond acceptors (Lipinski definition) is 5. The monoisotopic (exact) mass is 390 g/mol. The number of hydrogen-bond donors (Lipinski definition) is 2. The van der Waals surface area contributed by atoms with Gasteiger partial charge in [0.15, 0.2) is 0 Å². The maximum atomic E-state index is 13.6. The largest absolute Gasteiger partial charge is 0.346 e. The fraction of sp³-hybridized carbons (Fsp3) is 0.368. The van der Waals surface area contributed by atoms with E-state index >= 15 is 0 Å². The molecule has 2 heterocycles. The van der Waals surface area contributed by atoms with E-state index < -0.39 is 17.6 Å². The molecule has 8 heteroatoms. The van der Waals surface area contributed by atoms with Gasteiger partial charge in [0.05, 0.1) is 11.7 Å². The molecule has 1 aromatic carbocycles. The molecule has 144 valence electrons. The zero-order valence-electron chi connectivity index (χ0n) is 15.2. The van der Waals surface area contributed by atoms with Crippen molar-refractivity contribution in [2.45, 2.75) is 6.04 Å². The molecule has 2 amide bonds. The number of piperazine rings is 1. The third-order valence-electron chi connectivity index (χ3n) is 4.69. The molecule has 0 radical (unpaired) electrons. The SMILES string of the molecule is CN1CCN([C@H](CNC(=O)C(=O)Nc2ccccc2F)c2ccsc2)CC1. The van der Waals surface area contributed by atoms with Crippen LogP contribution in [0.2, 0.25) is 0 Å². The van der Waals surface area contributed by atoms with E-state index in [1.807, 2.05) is 11.4 Å². The zero-order chi connectivity index (χ0) is 19.2. The van der Waals surface area contributed by atoms with Crippen LogP contribution in [0.5, 0.6) is 0 Å². The van der Waals surface area contributed by atoms with Crippen molar-refractivity contribution in [3.63, 3.8) is 0 Å². The van der Waals surface area contributed by atoms with E-state index in [-0.39, 0.29) is 11.7 Å². The summed E-state index contributed by atoms with van der Waals surface area (Å²) >= 11 is 1.61. The minimum absolute atomic E-state index is 0.00824. The second-order valence-corrected chi connectivity index (χ2v) is 7.34. The predicted octanol–water partition coefficient (Wildman–Crippen LogP) is 1.93. The Labute approximate surface area is 162 Å². The number of nitrogens with one attached hydrogen (secondary N) is 2. The van der Waals surface area contributed by atoms with Crippen molar-refractivity contribution in [2.75, 3.05) is 45.1 Å². The number of amides is 2. The molecule has 0 saturated carbocycles. The highest BCUT2D eigenvalue weighted by atomic mass is 32.1. The number of likely N-dealkylation sites (N-methyl/N-ethyl adjacent to an activating group) is 1. The fourth-order valence-corrected chi connectivity index (χ4v) is 3.77. The lowest BCUT2D eigenvalue weighted by Gasteiger charge is -2.37. The highest BCUT2D eigenvalue weighted by molar-refractivity contribution is 7.08. The Morgan fingerprint density at radius 1 is 1.15 bits per heavy atom. The van der Waals surface area contributed by atoms with Crippen molar-refractivity contribution >= 4 is 28.8 Å². The minimum atomic E-state index is -0.873. The van der Waals surface area contributed by atoms with Crippen LogP contribution in [0.3, 0.4) is 0 Å². The summed E-state index contributed by atoms with van der Waals surface area (Å²) in [4.78, 5) is 28.9. The second-order valence-electron chi connectivity index (χ2n) is 6.56. The predicted molar refractivity (Wildman–Crippen MR) is 104 cm³/mol. The van der Waals surface area contributed by atoms with Crippen LogP contribution in [0.4, 0.5) is 10.1 Å². The van der Waals surface area contributed by atoms with Crippen LogP contribution in [-0.2, 0) is 9.59 Å². The summed E-state index contributed by atoms with van der Waals surface area (Å²) in [5.41, 5.74) is 1.12. The van der Waals surface area contributed by atoms with Crippen LogP contribution in [-0.4, -0.2) is 61.4 Å². The van der Waals surface area contributed by atoms with Gasteiger partial charge in [0.1, 0.15) is 5.82 Å². The molecule has 1 aliphatic heterocycles. The maximum Gasteiger partial charge on any atom is 0.313 e. The molecule has 2 N–H and O–H groups in total. The van der Waals surface area contributed by atoms with E-state index in [1.165, 1.54) is 18.2 Å². The van der Waals surface area contributed by atoms with E-state index in [9.17, 15) is 14.0 Å². The molecular weight excluding hydrogens is 367 g/mol. The van der Waals surface area contributed by atoms with Gasteiger partial charge in [-0.1, -0.05) is 12.1 Å². The average molecular weight is 390 g/mol. The number of carbonyl (C=O) groups is 2. The van der Waals surface area contributed by atoms with Gasteiger partial charge in [-0.05, 0) is 41.6 Å². The van der Waals surface area contributed by atoms with E-state index in [0.717, 1.165) is 31.7 Å². The second kappa shape index (κ2) is 9.07. The van der Waals surface area contributed by atoms with Gasteiger partial charge in [0.25, 0.3) is 0 Å². The lowest BCUT2D eigenvalue weighted by molar-refractivity contribution is -0.136. The highest BCUT2D eigenvalue weighted by Gasteiger charge is 2.25. The van der Waals surface area contributed by atoms with Crippen molar-refractivity contribution < 1.29 is 14.0 Å². The highest BCUT2D eigenvalue weighted by Crippen LogP contribution is 2.23. The molecule has 0 unspecified atom stereocenters. The molecule has 2 aromatic rings. The number of carbonyl (C=O) groups excluding carboxylic acids is 2. The van der Waals surface area contributed by atoms with Gasteiger partial charge in [-0.2, -0.15) is 11.3 Å². The lowest BCUT2D eigenvalue weighted by atomic mass is 10.1. The number of para-hydroxylation sites is 1. The van der Waals surface area contributed by atoms with E-state index in [0.29, 0.717) is 6.54 Å². The quantitative estimate of drug-likeness (QED) is 0.766. The molecule has 1 saturated heterocycles. The molecule has 1 fully saturated rings. The average Bonchev–Trinajstić information content (AvgIpc) is 3.19. The lowest BCUT2D eigenvalue weighted by Crippen LogP contribution is -2.49. The first kappa shape index (κ1) is 19.5. The first-order valence-electron chi connectivity index (χ1n) is 8.83. The first-order chi connectivity index (χ1) is 13.0. The smallest absolute Gasteiger partial charge is 0.313 e. The van der Waals surface area contributed by atoms with Crippen molar-refractivity contribution in [3.8, 4) is 0 Å². The van der Waals surface area contributed by atoms with Gasteiger partial charge in [0.2, 0.25) is 0 Å². The Balaban J connectivity index is 1.60. The fourth-order valence-electron chi connectivity index (χ4n) is 3.07. The van der Waals surface area contributed by atoms with E-state index in [4.69, 9.17) is 0 Å². The van der Waals surface area contributed by atoms with Crippen LogP contribution in [0.15, 0.2) is 41.1 Å². The van der Waals surface area contributed by atoms with Gasteiger partial charge >= 0.3 is 11.8 Å². The zero-order valence-corrected chi connectivity index (χ0v) is 16.0. The number of anilines is 1. The number of benzene rings is 1.